The topological polar surface area (TPSA) is 183 Å². The van der Waals surface area contributed by atoms with E-state index in [0.29, 0.717) is 16.8 Å². The van der Waals surface area contributed by atoms with Crippen LogP contribution in [-0.4, -0.2) is 81.4 Å². The third kappa shape index (κ3) is 3.26. The van der Waals surface area contributed by atoms with Gasteiger partial charge in [-0.3, -0.25) is 19.3 Å². The van der Waals surface area contributed by atoms with Crippen molar-refractivity contribution in [2.45, 2.75) is 31.4 Å². The van der Waals surface area contributed by atoms with E-state index in [1.165, 1.54) is 18.1 Å². The minimum absolute atomic E-state index is 0.0152. The Bertz CT molecular complexity index is 1260. The van der Waals surface area contributed by atoms with Gasteiger partial charge < -0.3 is 31.0 Å². The van der Waals surface area contributed by atoms with Crippen molar-refractivity contribution < 1.29 is 39.6 Å². The summed E-state index contributed by atoms with van der Waals surface area (Å²) in [6.07, 6.45) is 0.191. The number of likely N-dealkylation sites (N-methyl/N-ethyl adjacent to an activating group) is 1. The molecule has 3 aliphatic carbocycles. The molecule has 0 heterocycles. The number of aromatic hydroxyl groups is 1. The van der Waals surface area contributed by atoms with Crippen molar-refractivity contribution in [1.82, 2.24) is 4.90 Å². The lowest BCUT2D eigenvalue weighted by molar-refractivity contribution is -0.148. The van der Waals surface area contributed by atoms with Gasteiger partial charge in [-0.1, -0.05) is 5.16 Å². The Hall–Kier alpha value is -3.70. The predicted octanol–water partition coefficient (Wildman–Crippen LogP) is 0.491. The van der Waals surface area contributed by atoms with Crippen LogP contribution in [0.15, 0.2) is 40.0 Å². The molecule has 35 heavy (non-hydrogen) atoms. The van der Waals surface area contributed by atoms with E-state index in [-0.39, 0.29) is 29.7 Å². The van der Waals surface area contributed by atoms with Gasteiger partial charge in [-0.25, -0.2) is 0 Å². The zero-order chi connectivity index (χ0) is 26.0. The second kappa shape index (κ2) is 8.21. The smallest absolute Gasteiger partial charge is 0.255 e. The van der Waals surface area contributed by atoms with Crippen LogP contribution in [0.25, 0.3) is 0 Å². The fourth-order valence-electron chi connectivity index (χ4n) is 5.78. The van der Waals surface area contributed by atoms with Crippen molar-refractivity contribution in [1.29, 1.82) is 0 Å². The maximum Gasteiger partial charge on any atom is 0.255 e. The number of aliphatic hydroxyl groups is 3. The molecule has 1 aromatic rings. The maximum absolute atomic E-state index is 13.6. The number of nitrogens with two attached hydrogens (primary N) is 1. The first-order valence-electron chi connectivity index (χ1n) is 11.0. The van der Waals surface area contributed by atoms with Crippen LogP contribution < -0.4 is 5.73 Å². The van der Waals surface area contributed by atoms with Crippen LogP contribution in [-0.2, 0) is 20.8 Å². The number of aliphatic hydroxyl groups excluding tert-OH is 2. The summed E-state index contributed by atoms with van der Waals surface area (Å²) in [5, 5.41) is 48.1. The average Bonchev–Trinajstić information content (AvgIpc) is 2.76. The van der Waals surface area contributed by atoms with Crippen LogP contribution in [0.2, 0.25) is 0 Å². The highest BCUT2D eigenvalue weighted by atomic mass is 16.6. The predicted molar refractivity (Wildman–Crippen MR) is 123 cm³/mol. The van der Waals surface area contributed by atoms with Crippen molar-refractivity contribution in [3.63, 3.8) is 0 Å². The molecule has 0 fully saturated rings. The van der Waals surface area contributed by atoms with Crippen molar-refractivity contribution in [2.24, 2.45) is 22.7 Å². The van der Waals surface area contributed by atoms with Gasteiger partial charge in [-0.05, 0) is 57.5 Å². The number of carbonyl (C=O) groups is 3. The van der Waals surface area contributed by atoms with E-state index < -0.39 is 58.0 Å². The molecule has 0 aliphatic heterocycles. The number of hydrogen-bond acceptors (Lipinski definition) is 10. The second-order valence-electron chi connectivity index (χ2n) is 9.31. The van der Waals surface area contributed by atoms with Gasteiger partial charge in [0.2, 0.25) is 5.78 Å². The Morgan fingerprint density at radius 1 is 1.23 bits per heavy atom. The number of primary amides is 1. The number of ketones is 2. The Morgan fingerprint density at radius 3 is 2.46 bits per heavy atom. The number of oxime groups is 1. The van der Waals surface area contributed by atoms with Gasteiger partial charge in [0, 0.05) is 17.1 Å². The molecule has 3 aliphatic rings. The van der Waals surface area contributed by atoms with Gasteiger partial charge in [0.15, 0.2) is 11.4 Å². The molecule has 4 atom stereocenters. The molecule has 0 bridgehead atoms. The molecule has 11 nitrogen and oxygen atoms in total. The van der Waals surface area contributed by atoms with Crippen LogP contribution in [0.1, 0.15) is 34.8 Å². The largest absolute Gasteiger partial charge is 0.510 e. The Kier molecular flexibility index (Phi) is 5.73. The summed E-state index contributed by atoms with van der Waals surface area (Å²) in [7, 11) is 4.53. The van der Waals surface area contributed by atoms with Gasteiger partial charge in [0.25, 0.3) is 5.91 Å². The molecule has 4 unspecified atom stereocenters. The van der Waals surface area contributed by atoms with Crippen LogP contribution >= 0.6 is 0 Å². The summed E-state index contributed by atoms with van der Waals surface area (Å²) >= 11 is 0. The summed E-state index contributed by atoms with van der Waals surface area (Å²) in [5.74, 6) is -6.86. The number of Topliss-reactive ketones (excluding diaryl/α,β-unsaturated/α-hetero) is 2. The molecular formula is C24H27N3O8. The lowest BCUT2D eigenvalue weighted by Gasteiger charge is -2.50. The molecule has 1 aromatic carbocycles. The molecule has 0 saturated heterocycles. The van der Waals surface area contributed by atoms with Gasteiger partial charge in [0.05, 0.1) is 17.3 Å². The van der Waals surface area contributed by atoms with E-state index >= 15 is 0 Å². The highest BCUT2D eigenvalue weighted by Gasteiger charge is 2.63. The number of phenolic OH excluding ortho intramolecular Hbond substituents is 1. The number of nitrogens with zero attached hydrogens (tertiary/aromatic N) is 2. The van der Waals surface area contributed by atoms with Crippen molar-refractivity contribution in [2.75, 3.05) is 21.2 Å². The van der Waals surface area contributed by atoms with E-state index in [4.69, 9.17) is 10.6 Å². The number of phenols is 1. The molecular weight excluding hydrogens is 458 g/mol. The molecule has 0 radical (unpaired) electrons. The Balaban J connectivity index is 1.97. The van der Waals surface area contributed by atoms with Crippen molar-refractivity contribution in [3.8, 4) is 5.75 Å². The number of rotatable bonds is 4. The van der Waals surface area contributed by atoms with E-state index in [0.717, 1.165) is 0 Å². The maximum atomic E-state index is 13.6. The van der Waals surface area contributed by atoms with Gasteiger partial charge in [-0.15, -0.1) is 0 Å². The number of hydrogen-bond donors (Lipinski definition) is 5. The zero-order valence-electron chi connectivity index (χ0n) is 19.7. The van der Waals surface area contributed by atoms with Gasteiger partial charge >= 0.3 is 0 Å². The second-order valence-corrected chi connectivity index (χ2v) is 9.31. The first kappa shape index (κ1) is 24.4. The Labute approximate surface area is 200 Å². The summed E-state index contributed by atoms with van der Waals surface area (Å²) in [5.41, 5.74) is 3.05. The number of fused-ring (bicyclic) bond motifs is 3. The minimum atomic E-state index is -2.66. The first-order chi connectivity index (χ1) is 16.4. The third-order valence-electron chi connectivity index (χ3n) is 7.22. The SMILES string of the molecule is CO/N=C(\C)c1ccc(O)c2c1CC1CC3C(N(C)C)C(O)=C(C(N)=O)C(=O)C3(O)C(O)=C1C2=O. The summed E-state index contributed by atoms with van der Waals surface area (Å²) in [6.45, 7) is 1.68. The minimum Gasteiger partial charge on any atom is -0.510 e. The first-order valence-corrected chi connectivity index (χ1v) is 11.0. The number of allylic oxidation sites excluding steroid dienone is 1. The highest BCUT2D eigenvalue weighted by molar-refractivity contribution is 6.25. The van der Waals surface area contributed by atoms with Crippen LogP contribution in [0, 0.1) is 11.8 Å². The van der Waals surface area contributed by atoms with Crippen LogP contribution in [0.5, 0.6) is 5.75 Å². The normalized spacial score (nSPS) is 28.6. The number of benzene rings is 1. The summed E-state index contributed by atoms with van der Waals surface area (Å²) < 4.78 is 0. The average molecular weight is 485 g/mol. The van der Waals surface area contributed by atoms with E-state index in [9.17, 15) is 34.8 Å². The van der Waals surface area contributed by atoms with E-state index in [1.807, 2.05) is 0 Å². The van der Waals surface area contributed by atoms with Gasteiger partial charge in [0.1, 0.15) is 30.0 Å². The summed E-state index contributed by atoms with van der Waals surface area (Å²) in [4.78, 5) is 45.2. The third-order valence-corrected chi connectivity index (χ3v) is 7.22. The molecule has 6 N–H and O–H groups in total. The van der Waals surface area contributed by atoms with E-state index in [1.54, 1.807) is 27.1 Å². The zero-order valence-corrected chi connectivity index (χ0v) is 19.7. The lowest BCUT2D eigenvalue weighted by Crippen LogP contribution is -2.63. The van der Waals surface area contributed by atoms with Gasteiger partial charge in [-0.2, -0.15) is 0 Å². The monoisotopic (exact) mass is 485 g/mol. The van der Waals surface area contributed by atoms with Crippen LogP contribution in [0.4, 0.5) is 0 Å². The molecule has 0 aromatic heterocycles. The lowest BCUT2D eigenvalue weighted by atomic mass is 9.58. The standard InChI is InChI=1S/C24H27N3O8/c1-9(26-35-4)11-5-6-14(28)16-12(11)7-10-8-13-18(27(2)3)20(30)17(23(25)33)22(32)24(13,34)21(31)15(10)19(16)29/h5-6,10,13,18,28,30-31,34H,7-8H2,1-4H3,(H2,25,33)/b26-9+. The highest BCUT2D eigenvalue weighted by Crippen LogP contribution is 2.52. The fraction of sp³-hybridized carbons (Fsp3) is 0.417. The number of carbonyl (C=O) groups excluding carboxylic acids is 3. The Morgan fingerprint density at radius 2 is 1.89 bits per heavy atom. The quantitative estimate of drug-likeness (QED) is 0.230. The fourth-order valence-corrected chi connectivity index (χ4v) is 5.78. The number of amides is 1. The molecule has 186 valence electrons. The summed E-state index contributed by atoms with van der Waals surface area (Å²) in [6, 6.07) is 1.88. The molecule has 11 heteroatoms. The van der Waals surface area contributed by atoms with E-state index in [2.05, 4.69) is 5.16 Å². The molecule has 0 saturated carbocycles. The molecule has 0 spiro atoms. The molecule has 1 amide bonds. The molecule has 4 rings (SSSR count). The van der Waals surface area contributed by atoms with Crippen molar-refractivity contribution >= 4 is 23.2 Å². The van der Waals surface area contributed by atoms with Crippen LogP contribution in [0.3, 0.4) is 0 Å². The van der Waals surface area contributed by atoms with Crippen molar-refractivity contribution in [3.05, 3.63) is 51.5 Å².